The van der Waals surface area contributed by atoms with Crippen LogP contribution in [0.3, 0.4) is 0 Å². The Morgan fingerprint density at radius 1 is 1.28 bits per heavy atom. The summed E-state index contributed by atoms with van der Waals surface area (Å²) < 4.78 is 5.48. The fraction of sp³-hybridized carbons (Fsp3) is 0.211. The van der Waals surface area contributed by atoms with Crippen molar-refractivity contribution in [3.8, 4) is 11.8 Å². The van der Waals surface area contributed by atoms with Crippen molar-refractivity contribution < 1.29 is 14.3 Å². The molecule has 2 N–H and O–H groups in total. The monoisotopic (exact) mass is 335 g/mol. The van der Waals surface area contributed by atoms with Crippen LogP contribution in [0.2, 0.25) is 0 Å². The van der Waals surface area contributed by atoms with Gasteiger partial charge in [0.15, 0.2) is 6.10 Å². The Bertz CT molecular complexity index is 853. The maximum Gasteiger partial charge on any atom is 0.265 e. The number of carbonyl (C=O) groups excluding carboxylic acids is 2. The molecule has 1 aliphatic rings. The summed E-state index contributed by atoms with van der Waals surface area (Å²) in [4.78, 5) is 23.8. The van der Waals surface area contributed by atoms with Gasteiger partial charge in [-0.1, -0.05) is 12.1 Å². The third kappa shape index (κ3) is 3.96. The average molecular weight is 335 g/mol. The molecule has 0 bridgehead atoms. The van der Waals surface area contributed by atoms with E-state index in [2.05, 4.69) is 16.7 Å². The molecule has 2 aromatic carbocycles. The van der Waals surface area contributed by atoms with Crippen molar-refractivity contribution in [1.82, 2.24) is 0 Å². The highest BCUT2D eigenvalue weighted by Crippen LogP contribution is 2.32. The summed E-state index contributed by atoms with van der Waals surface area (Å²) in [6, 6.07) is 14.4. The van der Waals surface area contributed by atoms with Crippen LogP contribution in [0.5, 0.6) is 5.75 Å². The summed E-state index contributed by atoms with van der Waals surface area (Å²) >= 11 is 0. The highest BCUT2D eigenvalue weighted by atomic mass is 16.5. The zero-order valence-electron chi connectivity index (χ0n) is 13.7. The van der Waals surface area contributed by atoms with E-state index in [1.807, 2.05) is 12.1 Å². The summed E-state index contributed by atoms with van der Waals surface area (Å²) in [5, 5.41) is 14.3. The van der Waals surface area contributed by atoms with Gasteiger partial charge in [0.25, 0.3) is 5.91 Å². The molecule has 25 heavy (non-hydrogen) atoms. The molecule has 1 unspecified atom stereocenters. The third-order valence-electron chi connectivity index (χ3n) is 3.92. The van der Waals surface area contributed by atoms with Crippen molar-refractivity contribution >= 4 is 23.2 Å². The number of aryl methyl sites for hydroxylation is 1. The van der Waals surface area contributed by atoms with Crippen molar-refractivity contribution in [2.24, 2.45) is 0 Å². The molecular weight excluding hydrogens is 318 g/mol. The summed E-state index contributed by atoms with van der Waals surface area (Å²) in [7, 11) is 0. The Labute approximate surface area is 145 Å². The lowest BCUT2D eigenvalue weighted by Crippen LogP contribution is -2.34. The first-order valence-corrected chi connectivity index (χ1v) is 7.95. The van der Waals surface area contributed by atoms with Gasteiger partial charge < -0.3 is 15.4 Å². The molecule has 1 aliphatic heterocycles. The molecule has 0 aliphatic carbocycles. The smallest absolute Gasteiger partial charge is 0.265 e. The van der Waals surface area contributed by atoms with E-state index in [-0.39, 0.29) is 11.8 Å². The number of fused-ring (bicyclic) bond motifs is 1. The zero-order chi connectivity index (χ0) is 17.8. The minimum Gasteiger partial charge on any atom is -0.479 e. The number of carbonyl (C=O) groups is 2. The first-order valence-electron chi connectivity index (χ1n) is 7.95. The SMILES string of the molecule is CC1Oc2ccc(NC(=O)CCc3ccc(C#N)cc3)cc2NC1=O. The predicted octanol–water partition coefficient (Wildman–Crippen LogP) is 2.85. The van der Waals surface area contributed by atoms with Gasteiger partial charge in [-0.2, -0.15) is 5.26 Å². The van der Waals surface area contributed by atoms with Crippen molar-refractivity contribution in [3.63, 3.8) is 0 Å². The number of hydrogen-bond acceptors (Lipinski definition) is 4. The van der Waals surface area contributed by atoms with E-state index in [1.165, 1.54) is 0 Å². The van der Waals surface area contributed by atoms with Gasteiger partial charge in [0.05, 0.1) is 17.3 Å². The number of ether oxygens (including phenoxy) is 1. The van der Waals surface area contributed by atoms with E-state index in [0.717, 1.165) is 5.56 Å². The molecule has 126 valence electrons. The fourth-order valence-electron chi connectivity index (χ4n) is 2.51. The minimum absolute atomic E-state index is 0.124. The topological polar surface area (TPSA) is 91.2 Å². The van der Waals surface area contributed by atoms with Gasteiger partial charge in [-0.05, 0) is 49.2 Å². The first kappa shape index (κ1) is 16.5. The Kier molecular flexibility index (Phi) is 4.66. The quantitative estimate of drug-likeness (QED) is 0.899. The van der Waals surface area contributed by atoms with Crippen LogP contribution < -0.4 is 15.4 Å². The Balaban J connectivity index is 1.58. The molecule has 6 heteroatoms. The number of anilines is 2. The number of nitrogens with zero attached hydrogens (tertiary/aromatic N) is 1. The van der Waals surface area contributed by atoms with E-state index < -0.39 is 6.10 Å². The highest BCUT2D eigenvalue weighted by molar-refractivity contribution is 5.99. The molecular formula is C19H17N3O3. The number of benzene rings is 2. The largest absolute Gasteiger partial charge is 0.479 e. The lowest BCUT2D eigenvalue weighted by molar-refractivity contribution is -0.122. The Morgan fingerprint density at radius 2 is 2.04 bits per heavy atom. The minimum atomic E-state index is -0.527. The molecule has 0 fully saturated rings. The van der Waals surface area contributed by atoms with Gasteiger partial charge in [0, 0.05) is 12.1 Å². The van der Waals surface area contributed by atoms with Gasteiger partial charge in [-0.25, -0.2) is 0 Å². The van der Waals surface area contributed by atoms with Gasteiger partial charge in [0.2, 0.25) is 5.91 Å². The number of hydrogen-bond donors (Lipinski definition) is 2. The third-order valence-corrected chi connectivity index (χ3v) is 3.92. The summed E-state index contributed by atoms with van der Waals surface area (Å²) in [5.74, 6) is 0.250. The van der Waals surface area contributed by atoms with Crippen LogP contribution >= 0.6 is 0 Å². The number of nitriles is 1. The molecule has 3 rings (SSSR count). The molecule has 6 nitrogen and oxygen atoms in total. The standard InChI is InChI=1S/C19H17N3O3/c1-12-19(24)22-16-10-15(7-8-17(16)25-12)21-18(23)9-6-13-2-4-14(11-20)5-3-13/h2-5,7-8,10,12H,6,9H2,1H3,(H,21,23)(H,22,24). The van der Waals surface area contributed by atoms with E-state index in [0.29, 0.717) is 35.5 Å². The fourth-order valence-corrected chi connectivity index (χ4v) is 2.51. The second-order valence-electron chi connectivity index (χ2n) is 5.82. The summed E-state index contributed by atoms with van der Waals surface area (Å²) in [6.07, 6.45) is 0.378. The molecule has 2 amide bonds. The lowest BCUT2D eigenvalue weighted by Gasteiger charge is -2.23. The molecule has 2 aromatic rings. The highest BCUT2D eigenvalue weighted by Gasteiger charge is 2.23. The Morgan fingerprint density at radius 3 is 2.76 bits per heavy atom. The van der Waals surface area contributed by atoms with E-state index in [1.54, 1.807) is 37.3 Å². The summed E-state index contributed by atoms with van der Waals surface area (Å²) in [5.41, 5.74) is 2.74. The van der Waals surface area contributed by atoms with E-state index in [9.17, 15) is 9.59 Å². The van der Waals surface area contributed by atoms with Gasteiger partial charge in [-0.15, -0.1) is 0 Å². The molecule has 1 atom stereocenters. The zero-order valence-corrected chi connectivity index (χ0v) is 13.7. The maximum atomic E-state index is 12.1. The van der Waals surface area contributed by atoms with Gasteiger partial charge in [-0.3, -0.25) is 9.59 Å². The second kappa shape index (κ2) is 7.05. The Hall–Kier alpha value is -3.33. The number of nitrogens with one attached hydrogen (secondary N) is 2. The molecule has 0 aromatic heterocycles. The molecule has 1 heterocycles. The van der Waals surface area contributed by atoms with Crippen molar-refractivity contribution in [3.05, 3.63) is 53.6 Å². The van der Waals surface area contributed by atoms with Crippen molar-refractivity contribution in [1.29, 1.82) is 5.26 Å². The van der Waals surface area contributed by atoms with Crippen LogP contribution in [0, 0.1) is 11.3 Å². The molecule has 0 saturated heterocycles. The maximum absolute atomic E-state index is 12.1. The van der Waals surface area contributed by atoms with Crippen LogP contribution in [0.1, 0.15) is 24.5 Å². The van der Waals surface area contributed by atoms with Crippen LogP contribution in [0.25, 0.3) is 0 Å². The normalized spacial score (nSPS) is 15.4. The predicted molar refractivity (Wildman–Crippen MR) is 93.3 cm³/mol. The molecule has 0 radical (unpaired) electrons. The van der Waals surface area contributed by atoms with Crippen LogP contribution in [-0.4, -0.2) is 17.9 Å². The van der Waals surface area contributed by atoms with Crippen molar-refractivity contribution in [2.75, 3.05) is 10.6 Å². The first-order chi connectivity index (χ1) is 12.0. The van der Waals surface area contributed by atoms with Crippen LogP contribution in [-0.2, 0) is 16.0 Å². The molecule has 0 spiro atoms. The van der Waals surface area contributed by atoms with E-state index in [4.69, 9.17) is 10.00 Å². The molecule has 0 saturated carbocycles. The number of rotatable bonds is 4. The van der Waals surface area contributed by atoms with E-state index >= 15 is 0 Å². The van der Waals surface area contributed by atoms with Crippen LogP contribution in [0.15, 0.2) is 42.5 Å². The van der Waals surface area contributed by atoms with Crippen molar-refractivity contribution in [2.45, 2.75) is 25.9 Å². The average Bonchev–Trinajstić information content (AvgIpc) is 2.61. The second-order valence-corrected chi connectivity index (χ2v) is 5.82. The van der Waals surface area contributed by atoms with Gasteiger partial charge in [0.1, 0.15) is 5.75 Å². The summed E-state index contributed by atoms with van der Waals surface area (Å²) in [6.45, 7) is 1.68. The van der Waals surface area contributed by atoms with Gasteiger partial charge >= 0.3 is 0 Å². The lowest BCUT2D eigenvalue weighted by atomic mass is 10.1. The number of amides is 2. The van der Waals surface area contributed by atoms with Crippen LogP contribution in [0.4, 0.5) is 11.4 Å².